The third kappa shape index (κ3) is 2.39. The number of nitrogens with zero attached hydrogens (tertiary/aromatic N) is 1. The molecule has 0 spiro atoms. The van der Waals surface area contributed by atoms with Gasteiger partial charge in [0.15, 0.2) is 0 Å². The first kappa shape index (κ1) is 13.4. The van der Waals surface area contributed by atoms with Gasteiger partial charge in [-0.25, -0.2) is 0 Å². The van der Waals surface area contributed by atoms with Crippen molar-refractivity contribution in [3.05, 3.63) is 28.8 Å². The lowest BCUT2D eigenvalue weighted by molar-refractivity contribution is 0.473. The van der Waals surface area contributed by atoms with Crippen molar-refractivity contribution >= 4 is 5.69 Å². The van der Waals surface area contributed by atoms with E-state index in [4.69, 9.17) is 0 Å². The van der Waals surface area contributed by atoms with E-state index in [1.807, 2.05) is 0 Å². The predicted octanol–water partition coefficient (Wildman–Crippen LogP) is 3.05. The average Bonchev–Trinajstić information content (AvgIpc) is 2.61. The van der Waals surface area contributed by atoms with Gasteiger partial charge in [-0.3, -0.25) is 0 Å². The van der Waals surface area contributed by atoms with Crippen LogP contribution in [-0.2, 0) is 0 Å². The van der Waals surface area contributed by atoms with Crippen LogP contribution < -0.4 is 10.2 Å². The standard InChI is InChI=1S/C16H26N2/c1-11-8-12(2)16(13(3)9-11)18-7-6-15(10-17-5)14(18)4/h8-9,14-15,17H,6-7,10H2,1-5H3. The molecule has 0 aliphatic carbocycles. The molecule has 2 nitrogen and oxygen atoms in total. The Bertz CT molecular complexity index is 402. The van der Waals surface area contributed by atoms with Crippen molar-refractivity contribution in [2.24, 2.45) is 5.92 Å². The fourth-order valence-electron chi connectivity index (χ4n) is 3.48. The van der Waals surface area contributed by atoms with Crippen molar-refractivity contribution in [3.63, 3.8) is 0 Å². The molecule has 2 rings (SSSR count). The van der Waals surface area contributed by atoms with E-state index in [1.54, 1.807) is 0 Å². The molecule has 1 heterocycles. The second kappa shape index (κ2) is 5.31. The van der Waals surface area contributed by atoms with Gasteiger partial charge in [-0.15, -0.1) is 0 Å². The van der Waals surface area contributed by atoms with Crippen LogP contribution in [0.5, 0.6) is 0 Å². The molecule has 1 aliphatic heterocycles. The second-order valence-electron chi connectivity index (χ2n) is 5.79. The number of rotatable bonds is 3. The quantitative estimate of drug-likeness (QED) is 0.882. The van der Waals surface area contributed by atoms with Crippen molar-refractivity contribution in [3.8, 4) is 0 Å². The number of nitrogens with one attached hydrogen (secondary N) is 1. The Balaban J connectivity index is 2.28. The Morgan fingerprint density at radius 2 is 1.83 bits per heavy atom. The summed E-state index contributed by atoms with van der Waals surface area (Å²) in [6.45, 7) is 11.4. The maximum Gasteiger partial charge on any atom is 0.0428 e. The summed E-state index contributed by atoms with van der Waals surface area (Å²) in [7, 11) is 2.05. The Hall–Kier alpha value is -1.02. The molecule has 0 aromatic heterocycles. The minimum Gasteiger partial charge on any atom is -0.368 e. The molecule has 2 heteroatoms. The molecule has 1 aromatic rings. The summed E-state index contributed by atoms with van der Waals surface area (Å²) in [6, 6.07) is 5.25. The van der Waals surface area contributed by atoms with Gasteiger partial charge in [0, 0.05) is 18.3 Å². The molecule has 18 heavy (non-hydrogen) atoms. The molecule has 0 saturated carbocycles. The number of anilines is 1. The Morgan fingerprint density at radius 3 is 2.39 bits per heavy atom. The lowest BCUT2D eigenvalue weighted by Gasteiger charge is -2.30. The van der Waals surface area contributed by atoms with Gasteiger partial charge in [0.05, 0.1) is 0 Å². The van der Waals surface area contributed by atoms with Crippen molar-refractivity contribution in [2.45, 2.75) is 40.2 Å². The molecular weight excluding hydrogens is 220 g/mol. The van der Waals surface area contributed by atoms with Crippen LogP contribution in [0.2, 0.25) is 0 Å². The predicted molar refractivity (Wildman–Crippen MR) is 79.5 cm³/mol. The maximum absolute atomic E-state index is 3.32. The smallest absolute Gasteiger partial charge is 0.0428 e. The molecule has 1 aliphatic rings. The third-order valence-electron chi connectivity index (χ3n) is 4.30. The molecule has 2 unspecified atom stereocenters. The first-order valence-electron chi connectivity index (χ1n) is 7.03. The summed E-state index contributed by atoms with van der Waals surface area (Å²) in [5.41, 5.74) is 5.67. The monoisotopic (exact) mass is 246 g/mol. The highest BCUT2D eigenvalue weighted by atomic mass is 15.2. The molecule has 1 N–H and O–H groups in total. The van der Waals surface area contributed by atoms with Gasteiger partial charge in [0.25, 0.3) is 0 Å². The second-order valence-corrected chi connectivity index (χ2v) is 5.79. The Morgan fingerprint density at radius 1 is 1.22 bits per heavy atom. The molecule has 1 saturated heterocycles. The topological polar surface area (TPSA) is 15.3 Å². The minimum absolute atomic E-state index is 0.637. The summed E-state index contributed by atoms with van der Waals surface area (Å²) in [5.74, 6) is 0.773. The molecule has 0 bridgehead atoms. The van der Waals surface area contributed by atoms with Crippen LogP contribution in [0.25, 0.3) is 0 Å². The van der Waals surface area contributed by atoms with Crippen LogP contribution in [0.4, 0.5) is 5.69 Å². The largest absolute Gasteiger partial charge is 0.368 e. The van der Waals surface area contributed by atoms with E-state index in [0.29, 0.717) is 6.04 Å². The molecule has 0 radical (unpaired) electrons. The first-order chi connectivity index (χ1) is 8.54. The normalized spacial score (nSPS) is 23.7. The van der Waals surface area contributed by atoms with E-state index in [2.05, 4.69) is 57.1 Å². The molecule has 2 atom stereocenters. The zero-order valence-electron chi connectivity index (χ0n) is 12.4. The van der Waals surface area contributed by atoms with Gasteiger partial charge in [-0.2, -0.15) is 0 Å². The summed E-state index contributed by atoms with van der Waals surface area (Å²) < 4.78 is 0. The Labute approximate surface area is 111 Å². The van der Waals surface area contributed by atoms with Crippen molar-refractivity contribution < 1.29 is 0 Å². The Kier molecular flexibility index (Phi) is 3.96. The molecule has 0 amide bonds. The highest BCUT2D eigenvalue weighted by Gasteiger charge is 2.31. The van der Waals surface area contributed by atoms with E-state index < -0.39 is 0 Å². The van der Waals surface area contributed by atoms with E-state index in [0.717, 1.165) is 12.5 Å². The maximum atomic E-state index is 3.32. The van der Waals surface area contributed by atoms with Crippen molar-refractivity contribution in [1.82, 2.24) is 5.32 Å². The third-order valence-corrected chi connectivity index (χ3v) is 4.30. The van der Waals surface area contributed by atoms with Crippen molar-refractivity contribution in [1.29, 1.82) is 0 Å². The lowest BCUT2D eigenvalue weighted by atomic mass is 10.00. The fraction of sp³-hybridized carbons (Fsp3) is 0.625. The summed E-state index contributed by atoms with van der Waals surface area (Å²) in [6.07, 6.45) is 1.30. The summed E-state index contributed by atoms with van der Waals surface area (Å²) in [4.78, 5) is 2.60. The number of benzene rings is 1. The molecule has 1 aromatic carbocycles. The van der Waals surface area contributed by atoms with Crippen molar-refractivity contribution in [2.75, 3.05) is 25.0 Å². The summed E-state index contributed by atoms with van der Waals surface area (Å²) in [5, 5.41) is 3.32. The van der Waals surface area contributed by atoms with Crippen LogP contribution in [0.3, 0.4) is 0 Å². The van der Waals surface area contributed by atoms with Gasteiger partial charge in [0.2, 0.25) is 0 Å². The number of hydrogen-bond acceptors (Lipinski definition) is 2. The molecule has 100 valence electrons. The van der Waals surface area contributed by atoms with Gasteiger partial charge in [0.1, 0.15) is 0 Å². The highest BCUT2D eigenvalue weighted by molar-refractivity contribution is 5.61. The van der Waals surface area contributed by atoms with Crippen LogP contribution in [-0.4, -0.2) is 26.2 Å². The SMILES string of the molecule is CNCC1CCN(c2c(C)cc(C)cc2C)C1C. The number of aryl methyl sites for hydroxylation is 3. The van der Waals surface area contributed by atoms with E-state index in [9.17, 15) is 0 Å². The van der Waals surface area contributed by atoms with Crippen LogP contribution >= 0.6 is 0 Å². The van der Waals surface area contributed by atoms with E-state index >= 15 is 0 Å². The fourth-order valence-corrected chi connectivity index (χ4v) is 3.48. The van der Waals surface area contributed by atoms with Gasteiger partial charge in [-0.05, 0) is 64.8 Å². The van der Waals surface area contributed by atoms with E-state index in [-0.39, 0.29) is 0 Å². The highest BCUT2D eigenvalue weighted by Crippen LogP contribution is 2.34. The van der Waals surface area contributed by atoms with Gasteiger partial charge in [-0.1, -0.05) is 17.7 Å². The lowest BCUT2D eigenvalue weighted by Crippen LogP contribution is -2.34. The summed E-state index contributed by atoms with van der Waals surface area (Å²) >= 11 is 0. The zero-order chi connectivity index (χ0) is 13.3. The minimum atomic E-state index is 0.637. The van der Waals surface area contributed by atoms with Gasteiger partial charge < -0.3 is 10.2 Å². The molecular formula is C16H26N2. The molecule has 1 fully saturated rings. The zero-order valence-corrected chi connectivity index (χ0v) is 12.4. The average molecular weight is 246 g/mol. The van der Waals surface area contributed by atoms with Crippen LogP contribution in [0.15, 0.2) is 12.1 Å². The first-order valence-corrected chi connectivity index (χ1v) is 7.03. The van der Waals surface area contributed by atoms with Crippen LogP contribution in [0, 0.1) is 26.7 Å². The van der Waals surface area contributed by atoms with Gasteiger partial charge >= 0.3 is 0 Å². The van der Waals surface area contributed by atoms with E-state index in [1.165, 1.54) is 35.3 Å². The van der Waals surface area contributed by atoms with Crippen LogP contribution in [0.1, 0.15) is 30.0 Å². The number of hydrogen-bond donors (Lipinski definition) is 1.